The van der Waals surface area contributed by atoms with Gasteiger partial charge < -0.3 is 14.4 Å². The van der Waals surface area contributed by atoms with Crippen LogP contribution in [0.3, 0.4) is 0 Å². The van der Waals surface area contributed by atoms with Gasteiger partial charge in [-0.15, -0.1) is 0 Å². The number of nitrogens with zero attached hydrogens (tertiary/aromatic N) is 2. The highest BCUT2D eigenvalue weighted by Gasteiger charge is 2.46. The van der Waals surface area contributed by atoms with Crippen LogP contribution in [0.25, 0.3) is 11.3 Å². The lowest BCUT2D eigenvalue weighted by Gasteiger charge is -2.38. The highest BCUT2D eigenvalue weighted by molar-refractivity contribution is 6.30. The number of hydrogen-bond acceptors (Lipinski definition) is 4. The van der Waals surface area contributed by atoms with Crippen molar-refractivity contribution < 1.29 is 14.3 Å². The Morgan fingerprint density at radius 2 is 1.84 bits per heavy atom. The maximum atomic E-state index is 13.5. The van der Waals surface area contributed by atoms with Gasteiger partial charge in [0, 0.05) is 21.7 Å². The van der Waals surface area contributed by atoms with Gasteiger partial charge in [0.1, 0.15) is 5.69 Å². The lowest BCUT2D eigenvalue weighted by molar-refractivity contribution is 0.0545. The molecule has 0 fully saturated rings. The van der Waals surface area contributed by atoms with Crippen LogP contribution < -0.4 is 9.47 Å². The normalized spacial score (nSPS) is 15.8. The van der Waals surface area contributed by atoms with Crippen LogP contribution in [-0.2, 0) is 0 Å². The molecule has 4 rings (SSSR count). The van der Waals surface area contributed by atoms with Crippen LogP contribution in [0.4, 0.5) is 0 Å². The molecule has 2 heterocycles. The summed E-state index contributed by atoms with van der Waals surface area (Å²) in [6.07, 6.45) is 0.905. The van der Waals surface area contributed by atoms with Crippen LogP contribution in [0.15, 0.2) is 42.5 Å². The highest BCUT2D eigenvalue weighted by atomic mass is 35.5. The van der Waals surface area contributed by atoms with E-state index >= 15 is 0 Å². The lowest BCUT2D eigenvalue weighted by Crippen LogP contribution is -2.44. The Morgan fingerprint density at radius 1 is 1.12 bits per heavy atom. The zero-order chi connectivity index (χ0) is 23.0. The van der Waals surface area contributed by atoms with Crippen molar-refractivity contribution >= 4 is 17.5 Å². The Bertz CT molecular complexity index is 1130. The summed E-state index contributed by atoms with van der Waals surface area (Å²) < 4.78 is 11.5. The average Bonchev–Trinajstić information content (AvgIpc) is 3.31. The minimum Gasteiger partial charge on any atom is -0.493 e. The van der Waals surface area contributed by atoms with Crippen molar-refractivity contribution in [3.63, 3.8) is 0 Å². The number of ether oxygens (including phenoxy) is 2. The molecule has 1 aliphatic heterocycles. The number of H-pyrrole nitrogens is 1. The van der Waals surface area contributed by atoms with E-state index in [-0.39, 0.29) is 11.9 Å². The third-order valence-corrected chi connectivity index (χ3v) is 5.83. The number of methoxy groups -OCH3 is 1. The SMILES string of the molecule is CCCOc1ccc(C2c3c(-c4ccc(Cl)cc4)n[nH]c3C(=O)N2C(C)(C)C)cc1OC. The molecular weight excluding hydrogens is 426 g/mol. The minimum absolute atomic E-state index is 0.0736. The molecule has 0 saturated carbocycles. The molecule has 7 heteroatoms. The molecule has 1 aromatic heterocycles. The van der Waals surface area contributed by atoms with E-state index in [1.54, 1.807) is 7.11 Å². The standard InChI is InChI=1S/C25H28ClN3O3/c1-6-13-32-18-12-9-16(14-19(18)31-5)23-20-21(15-7-10-17(26)11-8-15)27-28-22(20)24(30)29(23)25(2,3)4/h7-12,14,23H,6,13H2,1-5H3,(H,27,28). The zero-order valence-electron chi connectivity index (χ0n) is 19.0. The van der Waals surface area contributed by atoms with Gasteiger partial charge in [-0.05, 0) is 57.0 Å². The van der Waals surface area contributed by atoms with Crippen LogP contribution in [0, 0.1) is 0 Å². The van der Waals surface area contributed by atoms with Crippen LogP contribution in [0.2, 0.25) is 5.02 Å². The summed E-state index contributed by atoms with van der Waals surface area (Å²) >= 11 is 6.09. The van der Waals surface area contributed by atoms with Gasteiger partial charge in [-0.25, -0.2) is 0 Å². The van der Waals surface area contributed by atoms with Crippen molar-refractivity contribution in [3.05, 3.63) is 64.3 Å². The largest absolute Gasteiger partial charge is 0.493 e. The monoisotopic (exact) mass is 453 g/mol. The molecule has 32 heavy (non-hydrogen) atoms. The third-order valence-electron chi connectivity index (χ3n) is 5.57. The van der Waals surface area contributed by atoms with Gasteiger partial charge in [-0.1, -0.05) is 36.7 Å². The molecule has 6 nitrogen and oxygen atoms in total. The fourth-order valence-electron chi connectivity index (χ4n) is 4.17. The maximum absolute atomic E-state index is 13.5. The number of fused-ring (bicyclic) bond motifs is 1. The zero-order valence-corrected chi connectivity index (χ0v) is 19.8. The van der Waals surface area contributed by atoms with Crippen LogP contribution in [-0.4, -0.2) is 40.3 Å². The Labute approximate surface area is 193 Å². The van der Waals surface area contributed by atoms with E-state index in [0.29, 0.717) is 28.8 Å². The van der Waals surface area contributed by atoms with Crippen molar-refractivity contribution in [3.8, 4) is 22.8 Å². The maximum Gasteiger partial charge on any atom is 0.273 e. The van der Waals surface area contributed by atoms with Gasteiger partial charge in [0.2, 0.25) is 0 Å². The van der Waals surface area contributed by atoms with Gasteiger partial charge >= 0.3 is 0 Å². The van der Waals surface area contributed by atoms with Gasteiger partial charge in [-0.2, -0.15) is 5.10 Å². The first-order valence-corrected chi connectivity index (χ1v) is 11.1. The first kappa shape index (κ1) is 22.2. The summed E-state index contributed by atoms with van der Waals surface area (Å²) in [6.45, 7) is 8.78. The second kappa shape index (κ2) is 8.51. The number of rotatable bonds is 6. The number of nitrogens with one attached hydrogen (secondary N) is 1. The molecule has 0 radical (unpaired) electrons. The molecular formula is C25H28ClN3O3. The Hall–Kier alpha value is -2.99. The van der Waals surface area contributed by atoms with E-state index in [4.69, 9.17) is 21.1 Å². The van der Waals surface area contributed by atoms with Crippen molar-refractivity contribution in [2.75, 3.05) is 13.7 Å². The Morgan fingerprint density at radius 3 is 2.47 bits per heavy atom. The van der Waals surface area contributed by atoms with Gasteiger partial charge in [0.05, 0.1) is 25.5 Å². The summed E-state index contributed by atoms with van der Waals surface area (Å²) in [5.74, 6) is 1.26. The third kappa shape index (κ3) is 3.84. The van der Waals surface area contributed by atoms with Gasteiger partial charge in [0.15, 0.2) is 11.5 Å². The molecule has 1 aliphatic rings. The quantitative estimate of drug-likeness (QED) is 0.506. The summed E-state index contributed by atoms with van der Waals surface area (Å²) in [5.41, 5.74) is 3.53. The fraction of sp³-hybridized carbons (Fsp3) is 0.360. The molecule has 168 valence electrons. The molecule has 2 aromatic carbocycles. The summed E-state index contributed by atoms with van der Waals surface area (Å²) in [5, 5.41) is 8.15. The Balaban J connectivity index is 1.88. The molecule has 1 amide bonds. The first-order valence-electron chi connectivity index (χ1n) is 10.7. The summed E-state index contributed by atoms with van der Waals surface area (Å²) in [7, 11) is 1.63. The molecule has 3 aromatic rings. The number of halogens is 1. The summed E-state index contributed by atoms with van der Waals surface area (Å²) in [4.78, 5) is 15.4. The molecule has 1 unspecified atom stereocenters. The van der Waals surface area contributed by atoms with E-state index < -0.39 is 5.54 Å². The van der Waals surface area contributed by atoms with Crippen LogP contribution in [0.5, 0.6) is 11.5 Å². The summed E-state index contributed by atoms with van der Waals surface area (Å²) in [6, 6.07) is 13.0. The fourth-order valence-corrected chi connectivity index (χ4v) is 4.29. The molecule has 0 saturated heterocycles. The molecule has 0 bridgehead atoms. The van der Waals surface area contributed by atoms with Crippen molar-refractivity contribution in [2.24, 2.45) is 0 Å². The van der Waals surface area contributed by atoms with Gasteiger partial charge in [0.25, 0.3) is 5.91 Å². The van der Waals surface area contributed by atoms with Crippen LogP contribution in [0.1, 0.15) is 61.8 Å². The van der Waals surface area contributed by atoms with Crippen molar-refractivity contribution in [1.29, 1.82) is 0 Å². The van der Waals surface area contributed by atoms with Gasteiger partial charge in [-0.3, -0.25) is 9.89 Å². The van der Waals surface area contributed by atoms with E-state index in [2.05, 4.69) is 17.1 Å². The average molecular weight is 454 g/mol. The second-order valence-corrected chi connectivity index (χ2v) is 9.31. The number of amides is 1. The van der Waals surface area contributed by atoms with Crippen molar-refractivity contribution in [1.82, 2.24) is 15.1 Å². The topological polar surface area (TPSA) is 67.5 Å². The Kier molecular flexibility index (Phi) is 5.91. The molecule has 1 atom stereocenters. The second-order valence-electron chi connectivity index (χ2n) is 8.88. The number of carbonyl (C=O) groups is 1. The highest BCUT2D eigenvalue weighted by Crippen LogP contribution is 2.47. The minimum atomic E-state index is -0.413. The number of aromatic amines is 1. The van der Waals surface area contributed by atoms with E-state index in [1.165, 1.54) is 0 Å². The predicted octanol–water partition coefficient (Wildman–Crippen LogP) is 5.87. The number of benzene rings is 2. The van der Waals surface area contributed by atoms with E-state index in [0.717, 1.165) is 28.8 Å². The first-order chi connectivity index (χ1) is 15.3. The molecule has 0 spiro atoms. The molecule has 1 N–H and O–H groups in total. The van der Waals surface area contributed by atoms with E-state index in [9.17, 15) is 4.79 Å². The van der Waals surface area contributed by atoms with Crippen LogP contribution >= 0.6 is 11.6 Å². The number of carbonyl (C=O) groups excluding carboxylic acids is 1. The molecule has 0 aliphatic carbocycles. The lowest BCUT2D eigenvalue weighted by atomic mass is 9.93. The number of aromatic nitrogens is 2. The van der Waals surface area contributed by atoms with E-state index in [1.807, 2.05) is 68.1 Å². The smallest absolute Gasteiger partial charge is 0.273 e. The number of hydrogen-bond donors (Lipinski definition) is 1. The predicted molar refractivity (Wildman–Crippen MR) is 126 cm³/mol. The van der Waals surface area contributed by atoms with Crippen molar-refractivity contribution in [2.45, 2.75) is 45.7 Å².